The van der Waals surface area contributed by atoms with Gasteiger partial charge in [0.05, 0.1) is 27.0 Å². The first-order chi connectivity index (χ1) is 14.0. The van der Waals surface area contributed by atoms with Crippen LogP contribution in [0.5, 0.6) is 0 Å². The molecule has 0 unspecified atom stereocenters. The van der Waals surface area contributed by atoms with E-state index in [0.717, 1.165) is 17.2 Å². The Morgan fingerprint density at radius 3 is 1.86 bits per heavy atom. The van der Waals surface area contributed by atoms with Gasteiger partial charge in [-0.25, -0.2) is 0 Å². The largest absolute Gasteiger partial charge is 0.284 e. The minimum absolute atomic E-state index is 0.261. The Balaban J connectivity index is 2.14. The van der Waals surface area contributed by atoms with E-state index in [-0.39, 0.29) is 22.5 Å². The first kappa shape index (κ1) is 20.2. The summed E-state index contributed by atoms with van der Waals surface area (Å²) in [5.74, 6) is 0. The van der Waals surface area contributed by atoms with Crippen molar-refractivity contribution in [2.75, 3.05) is 0 Å². The number of rotatable bonds is 6. The predicted octanol–water partition coefficient (Wildman–Crippen LogP) is 6.57. The topological polar surface area (TPSA) is 86.3 Å². The van der Waals surface area contributed by atoms with Crippen LogP contribution in [0.15, 0.2) is 72.8 Å². The van der Waals surface area contributed by atoms with E-state index in [4.69, 9.17) is 0 Å². The summed E-state index contributed by atoms with van der Waals surface area (Å²) in [6.45, 7) is 0. The highest BCUT2D eigenvalue weighted by Gasteiger charge is 2.24. The molecule has 0 aromatic heterocycles. The minimum Gasteiger partial charge on any atom is -0.258 e. The van der Waals surface area contributed by atoms with Crippen LogP contribution < -0.4 is 0 Å². The second-order valence-electron chi connectivity index (χ2n) is 6.09. The maximum atomic E-state index is 11.6. The molecule has 0 N–H and O–H groups in total. The van der Waals surface area contributed by atoms with Gasteiger partial charge in [-0.3, -0.25) is 20.2 Å². The summed E-state index contributed by atoms with van der Waals surface area (Å²) in [5.41, 5.74) is 1.57. The molecule has 0 atom stereocenters. The normalized spacial score (nSPS) is 11.6. The molecule has 0 saturated heterocycles. The van der Waals surface area contributed by atoms with Gasteiger partial charge in [-0.2, -0.15) is 0 Å². The van der Waals surface area contributed by atoms with E-state index in [1.165, 1.54) is 6.07 Å². The first-order valence-corrected chi connectivity index (χ1v) is 9.37. The van der Waals surface area contributed by atoms with Crippen molar-refractivity contribution >= 4 is 50.0 Å². The zero-order valence-electron chi connectivity index (χ0n) is 15.1. The molecule has 3 rings (SSSR count). The van der Waals surface area contributed by atoms with Crippen molar-refractivity contribution in [2.45, 2.75) is 0 Å². The van der Waals surface area contributed by atoms with E-state index < -0.39 is 9.85 Å². The highest BCUT2D eigenvalue weighted by atomic mass is 79.9. The van der Waals surface area contributed by atoms with E-state index >= 15 is 0 Å². The van der Waals surface area contributed by atoms with E-state index in [0.29, 0.717) is 4.48 Å². The summed E-state index contributed by atoms with van der Waals surface area (Å²) < 4.78 is 0.458. The Bertz CT molecular complexity index is 1110. The molecule has 6 nitrogen and oxygen atoms in total. The molecule has 0 aliphatic heterocycles. The van der Waals surface area contributed by atoms with Crippen molar-refractivity contribution in [3.63, 3.8) is 0 Å². The fraction of sp³-hybridized carbons (Fsp3) is 0. The summed E-state index contributed by atoms with van der Waals surface area (Å²) >= 11 is 3.40. The molecule has 0 saturated carbocycles. The molecule has 3 aromatic carbocycles. The standard InChI is InChI=1S/C22H15BrN2O4/c23-20(13-17-9-5-2-6-10-17)19-14-18(12-11-16-7-3-1-4-8-16)21(24(26)27)15-22(19)25(28)29/h1-15H. The lowest BCUT2D eigenvalue weighted by atomic mass is 10.0. The van der Waals surface area contributed by atoms with Crippen LogP contribution in [0, 0.1) is 20.2 Å². The van der Waals surface area contributed by atoms with Gasteiger partial charge in [0.1, 0.15) is 0 Å². The van der Waals surface area contributed by atoms with E-state index in [9.17, 15) is 20.2 Å². The van der Waals surface area contributed by atoms with Gasteiger partial charge in [0.15, 0.2) is 0 Å². The minimum atomic E-state index is -0.618. The smallest absolute Gasteiger partial charge is 0.258 e. The zero-order valence-corrected chi connectivity index (χ0v) is 16.7. The van der Waals surface area contributed by atoms with Crippen LogP contribution in [0.3, 0.4) is 0 Å². The molecule has 0 bridgehead atoms. The average molecular weight is 451 g/mol. The van der Waals surface area contributed by atoms with Crippen molar-refractivity contribution in [3.05, 3.63) is 115 Å². The number of nitrogens with zero attached hydrogens (tertiary/aromatic N) is 2. The van der Waals surface area contributed by atoms with Crippen LogP contribution in [0.2, 0.25) is 0 Å². The van der Waals surface area contributed by atoms with Crippen LogP contribution >= 0.6 is 15.9 Å². The van der Waals surface area contributed by atoms with Crippen molar-refractivity contribution in [1.82, 2.24) is 0 Å². The third-order valence-corrected chi connectivity index (χ3v) is 4.80. The summed E-state index contributed by atoms with van der Waals surface area (Å²) in [6, 6.07) is 21.0. The lowest BCUT2D eigenvalue weighted by Gasteiger charge is -2.06. The van der Waals surface area contributed by atoms with Crippen molar-refractivity contribution < 1.29 is 9.85 Å². The van der Waals surface area contributed by atoms with E-state index in [2.05, 4.69) is 15.9 Å². The third kappa shape index (κ3) is 5.03. The molecule has 0 aliphatic carbocycles. The number of hydrogen-bond acceptors (Lipinski definition) is 4. The van der Waals surface area contributed by atoms with Gasteiger partial charge < -0.3 is 0 Å². The molecular weight excluding hydrogens is 436 g/mol. The molecule has 0 heterocycles. The third-order valence-electron chi connectivity index (χ3n) is 4.14. The van der Waals surface area contributed by atoms with E-state index in [1.807, 2.05) is 60.7 Å². The highest BCUT2D eigenvalue weighted by molar-refractivity contribution is 9.15. The van der Waals surface area contributed by atoms with Crippen LogP contribution in [0.25, 0.3) is 22.7 Å². The highest BCUT2D eigenvalue weighted by Crippen LogP contribution is 2.37. The average Bonchev–Trinajstić information content (AvgIpc) is 2.72. The van der Waals surface area contributed by atoms with Crippen LogP contribution in [0.4, 0.5) is 11.4 Å². The van der Waals surface area contributed by atoms with Crippen molar-refractivity contribution in [3.8, 4) is 0 Å². The lowest BCUT2D eigenvalue weighted by molar-refractivity contribution is -0.394. The fourth-order valence-electron chi connectivity index (χ4n) is 2.75. The molecule has 144 valence electrons. The maximum absolute atomic E-state index is 11.6. The number of nitro benzene ring substituents is 2. The molecule has 0 fully saturated rings. The second kappa shape index (κ2) is 9.07. The zero-order chi connectivity index (χ0) is 20.8. The lowest BCUT2D eigenvalue weighted by Crippen LogP contribution is -1.99. The Morgan fingerprint density at radius 2 is 1.31 bits per heavy atom. The summed E-state index contributed by atoms with van der Waals surface area (Å²) in [7, 11) is 0. The van der Waals surface area contributed by atoms with E-state index in [1.54, 1.807) is 18.2 Å². The monoisotopic (exact) mass is 450 g/mol. The first-order valence-electron chi connectivity index (χ1n) is 8.58. The van der Waals surface area contributed by atoms with Crippen LogP contribution in [0.1, 0.15) is 22.3 Å². The predicted molar refractivity (Wildman–Crippen MR) is 118 cm³/mol. The van der Waals surface area contributed by atoms with Gasteiger partial charge in [0.2, 0.25) is 0 Å². The molecule has 0 spiro atoms. The quantitative estimate of drug-likeness (QED) is 0.241. The van der Waals surface area contributed by atoms with Gasteiger partial charge in [-0.1, -0.05) is 66.7 Å². The SMILES string of the molecule is O=[N+]([O-])c1cc([N+](=O)[O-])c(C(Br)=Cc2ccccc2)cc1C=Cc1ccccc1. The van der Waals surface area contributed by atoms with Crippen LogP contribution in [-0.2, 0) is 0 Å². The molecule has 7 heteroatoms. The molecule has 0 radical (unpaired) electrons. The molecular formula is C22H15BrN2O4. The van der Waals surface area contributed by atoms with Gasteiger partial charge in [0, 0.05) is 4.48 Å². The Labute approximate surface area is 175 Å². The van der Waals surface area contributed by atoms with Gasteiger partial charge in [-0.15, -0.1) is 0 Å². The molecule has 3 aromatic rings. The molecule has 0 aliphatic rings. The van der Waals surface area contributed by atoms with Crippen LogP contribution in [-0.4, -0.2) is 9.85 Å². The second-order valence-corrected chi connectivity index (χ2v) is 6.94. The Hall–Kier alpha value is -3.58. The molecule has 0 amide bonds. The number of halogens is 1. The summed E-state index contributed by atoms with van der Waals surface area (Å²) in [6.07, 6.45) is 5.05. The number of benzene rings is 3. The summed E-state index contributed by atoms with van der Waals surface area (Å²) in [5, 5.41) is 23.1. The van der Waals surface area contributed by atoms with Gasteiger partial charge in [0.25, 0.3) is 11.4 Å². The number of nitro groups is 2. The van der Waals surface area contributed by atoms with Gasteiger partial charge in [-0.05, 0) is 45.3 Å². The molecule has 29 heavy (non-hydrogen) atoms. The Kier molecular flexibility index (Phi) is 6.31. The van der Waals surface area contributed by atoms with Gasteiger partial charge >= 0.3 is 0 Å². The van der Waals surface area contributed by atoms with Crippen molar-refractivity contribution in [2.24, 2.45) is 0 Å². The maximum Gasteiger partial charge on any atom is 0.284 e. The Morgan fingerprint density at radius 1 is 0.759 bits per heavy atom. The fourth-order valence-corrected chi connectivity index (χ4v) is 3.33. The summed E-state index contributed by atoms with van der Waals surface area (Å²) in [4.78, 5) is 21.8. The van der Waals surface area contributed by atoms with Crippen molar-refractivity contribution in [1.29, 1.82) is 0 Å². The number of hydrogen-bond donors (Lipinski definition) is 0.